The van der Waals surface area contributed by atoms with Crippen molar-refractivity contribution in [1.29, 1.82) is 0 Å². The topological polar surface area (TPSA) is 67.8 Å². The van der Waals surface area contributed by atoms with Gasteiger partial charge in [-0.05, 0) is 108 Å². The van der Waals surface area contributed by atoms with Gasteiger partial charge in [-0.15, -0.1) is 5.10 Å². The summed E-state index contributed by atoms with van der Waals surface area (Å²) in [5, 5.41) is 9.85. The number of likely N-dealkylation sites (tertiary alicyclic amines) is 2. The predicted octanol–water partition coefficient (Wildman–Crippen LogP) is 5.29. The van der Waals surface area contributed by atoms with Crippen molar-refractivity contribution < 1.29 is 14.3 Å². The number of carbonyl (C=O) groups is 1. The summed E-state index contributed by atoms with van der Waals surface area (Å²) in [6.45, 7) is 9.59. The number of methoxy groups -OCH3 is 1. The van der Waals surface area contributed by atoms with Crippen LogP contribution in [-0.4, -0.2) is 71.0 Å². The van der Waals surface area contributed by atoms with Gasteiger partial charge in [0.05, 0.1) is 12.8 Å². The molecule has 190 valence electrons. The Bertz CT molecular complexity index is 946. The van der Waals surface area contributed by atoms with Crippen LogP contribution in [0.4, 0.5) is 4.79 Å². The van der Waals surface area contributed by atoms with E-state index in [4.69, 9.17) is 9.47 Å². The van der Waals surface area contributed by atoms with Crippen LogP contribution in [0.2, 0.25) is 0 Å². The molecule has 4 rings (SSSR count). The second-order valence-corrected chi connectivity index (χ2v) is 11.6. The molecule has 2 aromatic rings. The van der Waals surface area contributed by atoms with Crippen LogP contribution >= 0.6 is 11.8 Å². The van der Waals surface area contributed by atoms with Gasteiger partial charge in [-0.3, -0.25) is 0 Å². The molecule has 1 aromatic heterocycles. The van der Waals surface area contributed by atoms with E-state index >= 15 is 0 Å². The second-order valence-electron chi connectivity index (χ2n) is 10.5. The minimum atomic E-state index is -0.435. The molecule has 8 heteroatoms. The number of rotatable bonds is 6. The Morgan fingerprint density at radius 3 is 2.23 bits per heavy atom. The number of ether oxygens (including phenoxy) is 2. The van der Waals surface area contributed by atoms with Crippen LogP contribution in [-0.2, 0) is 11.2 Å². The third-order valence-corrected chi connectivity index (χ3v) is 7.69. The maximum absolute atomic E-state index is 12.3. The third-order valence-electron chi connectivity index (χ3n) is 6.76. The van der Waals surface area contributed by atoms with Gasteiger partial charge in [-0.1, -0.05) is 11.8 Å². The van der Waals surface area contributed by atoms with Gasteiger partial charge in [0.15, 0.2) is 0 Å². The lowest BCUT2D eigenvalue weighted by Crippen LogP contribution is -2.49. The first-order chi connectivity index (χ1) is 16.8. The van der Waals surface area contributed by atoms with Crippen LogP contribution in [0.25, 0.3) is 0 Å². The summed E-state index contributed by atoms with van der Waals surface area (Å²) in [5.74, 6) is 1.51. The highest BCUT2D eigenvalue weighted by Gasteiger charge is 2.31. The first kappa shape index (κ1) is 25.8. The maximum atomic E-state index is 12.3. The minimum Gasteiger partial charge on any atom is -0.497 e. The summed E-state index contributed by atoms with van der Waals surface area (Å²) in [5.41, 5.74) is 0.642. The van der Waals surface area contributed by atoms with Crippen LogP contribution in [0, 0.1) is 5.92 Å². The van der Waals surface area contributed by atoms with Crippen molar-refractivity contribution in [2.24, 2.45) is 5.92 Å². The molecule has 35 heavy (non-hydrogen) atoms. The molecule has 0 radical (unpaired) electrons. The van der Waals surface area contributed by atoms with Crippen LogP contribution < -0.4 is 4.74 Å². The molecule has 0 bridgehead atoms. The van der Waals surface area contributed by atoms with E-state index in [2.05, 4.69) is 27.2 Å². The summed E-state index contributed by atoms with van der Waals surface area (Å²) in [6.07, 6.45) is 5.26. The van der Waals surface area contributed by atoms with Crippen molar-refractivity contribution in [2.45, 2.75) is 74.4 Å². The molecule has 0 spiro atoms. The van der Waals surface area contributed by atoms with Crippen molar-refractivity contribution in [1.82, 2.24) is 20.0 Å². The van der Waals surface area contributed by atoms with E-state index in [1.807, 2.05) is 49.9 Å². The largest absolute Gasteiger partial charge is 0.497 e. The van der Waals surface area contributed by atoms with Crippen LogP contribution in [0.3, 0.4) is 0 Å². The molecule has 0 atom stereocenters. The molecule has 0 unspecified atom stereocenters. The standard InChI is InChI=1S/C27H38N4O3S/c1-27(2,3)34-26(32)31-17-13-22(14-18-31)30-15-11-20(12-16-30)19-21-5-10-25(29-28-21)35-24-8-6-23(33-4)7-9-24/h5-10,20,22H,11-19H2,1-4H3. The van der Waals surface area contributed by atoms with Gasteiger partial charge in [0, 0.05) is 24.0 Å². The molecular formula is C27H38N4O3S. The normalized spacial score (nSPS) is 18.5. The van der Waals surface area contributed by atoms with E-state index in [1.165, 1.54) is 12.8 Å². The Morgan fingerprint density at radius 2 is 1.66 bits per heavy atom. The molecule has 0 saturated carbocycles. The van der Waals surface area contributed by atoms with Crippen LogP contribution in [0.15, 0.2) is 46.3 Å². The van der Waals surface area contributed by atoms with Crippen molar-refractivity contribution in [3.63, 3.8) is 0 Å². The SMILES string of the molecule is COc1ccc(Sc2ccc(CC3CCN(C4CCN(C(=O)OC(C)(C)C)CC4)CC3)nn2)cc1. The fourth-order valence-corrected chi connectivity index (χ4v) is 5.56. The Morgan fingerprint density at radius 1 is 0.971 bits per heavy atom. The third kappa shape index (κ3) is 7.58. The highest BCUT2D eigenvalue weighted by atomic mass is 32.2. The first-order valence-electron chi connectivity index (χ1n) is 12.7. The number of aromatic nitrogens is 2. The summed E-state index contributed by atoms with van der Waals surface area (Å²) in [6, 6.07) is 12.8. The summed E-state index contributed by atoms with van der Waals surface area (Å²) in [7, 11) is 1.67. The van der Waals surface area contributed by atoms with Gasteiger partial charge in [0.1, 0.15) is 16.4 Å². The number of amides is 1. The quantitative estimate of drug-likeness (QED) is 0.536. The summed E-state index contributed by atoms with van der Waals surface area (Å²) < 4.78 is 10.7. The van der Waals surface area contributed by atoms with Gasteiger partial charge in [0.25, 0.3) is 0 Å². The van der Waals surface area contributed by atoms with E-state index in [0.29, 0.717) is 12.0 Å². The van der Waals surface area contributed by atoms with Crippen LogP contribution in [0.1, 0.15) is 52.1 Å². The molecular weight excluding hydrogens is 460 g/mol. The molecule has 3 heterocycles. The summed E-state index contributed by atoms with van der Waals surface area (Å²) >= 11 is 1.61. The van der Waals surface area contributed by atoms with Crippen molar-refractivity contribution >= 4 is 17.9 Å². The predicted molar refractivity (Wildman–Crippen MR) is 138 cm³/mol. The monoisotopic (exact) mass is 498 g/mol. The van der Waals surface area contributed by atoms with E-state index in [-0.39, 0.29) is 6.09 Å². The molecule has 2 fully saturated rings. The Hall–Kier alpha value is -2.32. The van der Waals surface area contributed by atoms with Gasteiger partial charge in [0.2, 0.25) is 0 Å². The van der Waals surface area contributed by atoms with Gasteiger partial charge in [-0.2, -0.15) is 5.10 Å². The number of hydrogen-bond acceptors (Lipinski definition) is 7. The van der Waals surface area contributed by atoms with Gasteiger partial charge < -0.3 is 19.3 Å². The molecule has 0 aliphatic carbocycles. The molecule has 0 N–H and O–H groups in total. The number of benzene rings is 1. The van der Waals surface area contributed by atoms with E-state index < -0.39 is 5.60 Å². The van der Waals surface area contributed by atoms with Crippen LogP contribution in [0.5, 0.6) is 5.75 Å². The van der Waals surface area contributed by atoms with Crippen molar-refractivity contribution in [2.75, 3.05) is 33.3 Å². The highest BCUT2D eigenvalue weighted by Crippen LogP contribution is 2.29. The molecule has 1 amide bonds. The number of nitrogens with zero attached hydrogens (tertiary/aromatic N) is 4. The lowest BCUT2D eigenvalue weighted by molar-refractivity contribution is 0.0118. The average molecular weight is 499 g/mol. The lowest BCUT2D eigenvalue weighted by Gasteiger charge is -2.41. The Kier molecular flexibility index (Phi) is 8.55. The minimum absolute atomic E-state index is 0.177. The number of piperidine rings is 2. The average Bonchev–Trinajstić information content (AvgIpc) is 2.85. The molecule has 2 aliphatic rings. The number of carbonyl (C=O) groups excluding carboxylic acids is 1. The zero-order valence-electron chi connectivity index (χ0n) is 21.4. The second kappa shape index (κ2) is 11.6. The Balaban J connectivity index is 1.18. The van der Waals surface area contributed by atoms with E-state index in [9.17, 15) is 4.79 Å². The Labute approximate surface area is 213 Å². The first-order valence-corrected chi connectivity index (χ1v) is 13.5. The molecule has 2 saturated heterocycles. The highest BCUT2D eigenvalue weighted by molar-refractivity contribution is 7.99. The van der Waals surface area contributed by atoms with Crippen molar-refractivity contribution in [3.8, 4) is 5.75 Å². The number of hydrogen-bond donors (Lipinski definition) is 0. The van der Waals surface area contributed by atoms with Gasteiger partial charge >= 0.3 is 6.09 Å². The van der Waals surface area contributed by atoms with Gasteiger partial charge in [-0.25, -0.2) is 4.79 Å². The zero-order chi connectivity index (χ0) is 24.8. The van der Waals surface area contributed by atoms with Crippen molar-refractivity contribution in [3.05, 3.63) is 42.1 Å². The zero-order valence-corrected chi connectivity index (χ0v) is 22.2. The smallest absolute Gasteiger partial charge is 0.410 e. The molecule has 2 aliphatic heterocycles. The summed E-state index contributed by atoms with van der Waals surface area (Å²) in [4.78, 5) is 17.9. The lowest BCUT2D eigenvalue weighted by atomic mass is 9.90. The van der Waals surface area contributed by atoms with E-state index in [1.54, 1.807) is 18.9 Å². The molecule has 1 aromatic carbocycles. The van der Waals surface area contributed by atoms with E-state index in [0.717, 1.165) is 66.8 Å². The molecule has 7 nitrogen and oxygen atoms in total. The maximum Gasteiger partial charge on any atom is 0.410 e. The fraction of sp³-hybridized carbons (Fsp3) is 0.593. The fourth-order valence-electron chi connectivity index (χ4n) is 4.83.